The van der Waals surface area contributed by atoms with Gasteiger partial charge in [0.15, 0.2) is 0 Å². The molecule has 0 aromatic carbocycles. The van der Waals surface area contributed by atoms with Crippen LogP contribution in [-0.4, -0.2) is 23.7 Å². The van der Waals surface area contributed by atoms with Gasteiger partial charge in [0.05, 0.1) is 18.6 Å². The van der Waals surface area contributed by atoms with Crippen LogP contribution in [0.1, 0.15) is 45.4 Å². The third kappa shape index (κ3) is 5.16. The highest BCUT2D eigenvalue weighted by Crippen LogP contribution is 2.38. The average molecular weight is 317 g/mol. The quantitative estimate of drug-likeness (QED) is 0.669. The second-order valence-corrected chi connectivity index (χ2v) is 5.44. The van der Waals surface area contributed by atoms with Crippen molar-refractivity contribution in [3.8, 4) is 0 Å². The molecular formula is C12H20BrF3O. The zero-order valence-electron chi connectivity index (χ0n) is 10.2. The molecule has 0 heterocycles. The normalized spacial score (nSPS) is 30.5. The molecule has 1 fully saturated rings. The van der Waals surface area contributed by atoms with Gasteiger partial charge in [0, 0.05) is 5.33 Å². The fourth-order valence-corrected chi connectivity index (χ4v) is 3.03. The van der Waals surface area contributed by atoms with Gasteiger partial charge < -0.3 is 4.74 Å². The van der Waals surface area contributed by atoms with Gasteiger partial charge >= 0.3 is 6.18 Å². The average Bonchev–Trinajstić information content (AvgIpc) is 2.28. The van der Waals surface area contributed by atoms with Gasteiger partial charge in [-0.15, -0.1) is 0 Å². The van der Waals surface area contributed by atoms with E-state index in [1.54, 1.807) is 0 Å². The summed E-state index contributed by atoms with van der Waals surface area (Å²) in [6.07, 6.45) is 0.0550. The van der Waals surface area contributed by atoms with Gasteiger partial charge in [-0.25, -0.2) is 0 Å². The van der Waals surface area contributed by atoms with Crippen molar-refractivity contribution in [2.45, 2.75) is 57.2 Å². The Labute approximate surface area is 109 Å². The number of ether oxygens (including phenoxy) is 1. The first kappa shape index (κ1) is 15.3. The number of rotatable bonds is 5. The third-order valence-corrected chi connectivity index (χ3v) is 4.65. The molecule has 0 saturated heterocycles. The molecule has 5 heteroatoms. The maximum Gasteiger partial charge on any atom is 0.391 e. The fraction of sp³-hybridized carbons (Fsp3) is 1.00. The molecule has 0 aliphatic heterocycles. The summed E-state index contributed by atoms with van der Waals surface area (Å²) < 4.78 is 41.7. The molecule has 0 N–H and O–H groups in total. The van der Waals surface area contributed by atoms with Crippen LogP contribution < -0.4 is 0 Å². The van der Waals surface area contributed by atoms with Gasteiger partial charge in [0.1, 0.15) is 0 Å². The predicted molar refractivity (Wildman–Crippen MR) is 65.4 cm³/mol. The topological polar surface area (TPSA) is 9.23 Å². The number of hydrogen-bond donors (Lipinski definition) is 0. The Kier molecular flexibility index (Phi) is 5.77. The zero-order chi connectivity index (χ0) is 12.9. The summed E-state index contributed by atoms with van der Waals surface area (Å²) >= 11 is 3.38. The Morgan fingerprint density at radius 2 is 1.88 bits per heavy atom. The molecule has 0 spiro atoms. The lowest BCUT2D eigenvalue weighted by Crippen LogP contribution is -2.39. The minimum absolute atomic E-state index is 0.216. The van der Waals surface area contributed by atoms with E-state index in [4.69, 9.17) is 4.74 Å². The largest absolute Gasteiger partial charge is 0.391 e. The lowest BCUT2D eigenvalue weighted by atomic mass is 9.79. The first-order valence-corrected chi connectivity index (χ1v) is 7.29. The number of alkyl halides is 4. The molecule has 0 aromatic heterocycles. The van der Waals surface area contributed by atoms with Crippen LogP contribution >= 0.6 is 15.9 Å². The van der Waals surface area contributed by atoms with Crippen molar-refractivity contribution < 1.29 is 17.9 Å². The summed E-state index contributed by atoms with van der Waals surface area (Å²) in [6, 6.07) is 0. The van der Waals surface area contributed by atoms with E-state index < -0.39 is 12.6 Å². The predicted octanol–water partition coefficient (Wildman–Crippen LogP) is 4.69. The molecule has 0 unspecified atom stereocenters. The Morgan fingerprint density at radius 3 is 2.29 bits per heavy atom. The molecule has 1 nitrogen and oxygen atoms in total. The maximum atomic E-state index is 12.1. The first-order valence-electron chi connectivity index (χ1n) is 6.17. The lowest BCUT2D eigenvalue weighted by Gasteiger charge is -2.39. The van der Waals surface area contributed by atoms with E-state index in [2.05, 4.69) is 22.9 Å². The highest BCUT2D eigenvalue weighted by Gasteiger charge is 2.36. The molecule has 1 rings (SSSR count). The van der Waals surface area contributed by atoms with Gasteiger partial charge in [-0.2, -0.15) is 13.2 Å². The number of hydrogen-bond acceptors (Lipinski definition) is 1. The van der Waals surface area contributed by atoms with Crippen molar-refractivity contribution in [1.29, 1.82) is 0 Å². The van der Waals surface area contributed by atoms with Crippen molar-refractivity contribution in [3.63, 3.8) is 0 Å². The van der Waals surface area contributed by atoms with Crippen LogP contribution in [0.2, 0.25) is 0 Å². The molecular weight excluding hydrogens is 297 g/mol. The van der Waals surface area contributed by atoms with Gasteiger partial charge in [0.2, 0.25) is 0 Å². The Morgan fingerprint density at radius 1 is 1.29 bits per heavy atom. The Hall–Kier alpha value is 0.230. The van der Waals surface area contributed by atoms with E-state index in [0.717, 1.165) is 32.1 Å². The summed E-state index contributed by atoms with van der Waals surface area (Å²) in [5.41, 5.74) is -0.364. The van der Waals surface area contributed by atoms with E-state index in [1.165, 1.54) is 0 Å². The van der Waals surface area contributed by atoms with Gasteiger partial charge in [-0.05, 0) is 31.6 Å². The molecule has 0 amide bonds. The summed E-state index contributed by atoms with van der Waals surface area (Å²) in [5, 5.41) is 0.633. The van der Waals surface area contributed by atoms with Gasteiger partial charge in [0.25, 0.3) is 0 Å². The highest BCUT2D eigenvalue weighted by atomic mass is 79.9. The van der Waals surface area contributed by atoms with Crippen molar-refractivity contribution in [2.75, 3.05) is 11.9 Å². The second-order valence-electron chi connectivity index (χ2n) is 4.88. The zero-order valence-corrected chi connectivity index (χ0v) is 11.7. The van der Waals surface area contributed by atoms with Crippen LogP contribution in [0.15, 0.2) is 0 Å². The standard InChI is InChI=1S/C12H20BrF3O/c1-2-10-3-5-11(9-13,6-4-10)17-8-7-12(14,15)16/h10H,2-9H2,1H3. The highest BCUT2D eigenvalue weighted by molar-refractivity contribution is 9.09. The van der Waals surface area contributed by atoms with Crippen molar-refractivity contribution in [3.05, 3.63) is 0 Å². The van der Waals surface area contributed by atoms with E-state index >= 15 is 0 Å². The Bertz CT molecular complexity index is 222. The Balaban J connectivity index is 2.37. The minimum atomic E-state index is -4.12. The minimum Gasteiger partial charge on any atom is -0.374 e. The third-order valence-electron chi connectivity index (χ3n) is 3.63. The van der Waals surface area contributed by atoms with E-state index in [-0.39, 0.29) is 12.2 Å². The molecule has 1 aliphatic carbocycles. The summed E-state index contributed by atoms with van der Waals surface area (Å²) in [5.74, 6) is 0.716. The summed E-state index contributed by atoms with van der Waals surface area (Å²) in [4.78, 5) is 0. The fourth-order valence-electron chi connectivity index (χ4n) is 2.31. The molecule has 1 saturated carbocycles. The molecule has 1 aliphatic rings. The molecule has 102 valence electrons. The van der Waals surface area contributed by atoms with E-state index in [1.807, 2.05) is 0 Å². The lowest BCUT2D eigenvalue weighted by molar-refractivity contribution is -0.160. The monoisotopic (exact) mass is 316 g/mol. The van der Waals surface area contributed by atoms with E-state index in [0.29, 0.717) is 11.2 Å². The van der Waals surface area contributed by atoms with Crippen LogP contribution in [-0.2, 0) is 4.74 Å². The van der Waals surface area contributed by atoms with Gasteiger partial charge in [-0.3, -0.25) is 0 Å². The maximum absolute atomic E-state index is 12.1. The van der Waals surface area contributed by atoms with Crippen LogP contribution in [0.4, 0.5) is 13.2 Å². The first-order chi connectivity index (χ1) is 7.91. The van der Waals surface area contributed by atoms with E-state index in [9.17, 15) is 13.2 Å². The van der Waals surface area contributed by atoms with Gasteiger partial charge in [-0.1, -0.05) is 29.3 Å². The second kappa shape index (κ2) is 6.41. The summed E-state index contributed by atoms with van der Waals surface area (Å²) in [7, 11) is 0. The number of halogens is 4. The van der Waals surface area contributed by atoms with Crippen molar-refractivity contribution in [1.82, 2.24) is 0 Å². The van der Waals surface area contributed by atoms with Crippen molar-refractivity contribution >= 4 is 15.9 Å². The van der Waals surface area contributed by atoms with Crippen LogP contribution in [0.25, 0.3) is 0 Å². The molecule has 17 heavy (non-hydrogen) atoms. The molecule has 0 atom stereocenters. The van der Waals surface area contributed by atoms with Crippen molar-refractivity contribution in [2.24, 2.45) is 5.92 Å². The molecule has 0 bridgehead atoms. The molecule has 0 aromatic rings. The SMILES string of the molecule is CCC1CCC(CBr)(OCCC(F)(F)F)CC1. The summed E-state index contributed by atoms with van der Waals surface area (Å²) in [6.45, 7) is 1.95. The van der Waals surface area contributed by atoms with Crippen LogP contribution in [0.3, 0.4) is 0 Å². The molecule has 0 radical (unpaired) electrons. The van der Waals surface area contributed by atoms with Crippen LogP contribution in [0.5, 0.6) is 0 Å². The van der Waals surface area contributed by atoms with Crippen LogP contribution in [0, 0.1) is 5.92 Å². The smallest absolute Gasteiger partial charge is 0.374 e.